The third-order valence-electron chi connectivity index (χ3n) is 7.62. The maximum absolute atomic E-state index is 12.6. The summed E-state index contributed by atoms with van der Waals surface area (Å²) in [5.74, 6) is -0.0111. The molecule has 2 N–H and O–H groups in total. The molecule has 5 rings (SSSR count). The second-order valence-corrected chi connectivity index (χ2v) is 11.0. The molecule has 0 unspecified atom stereocenters. The fourth-order valence-corrected chi connectivity index (χ4v) is 5.22. The van der Waals surface area contributed by atoms with E-state index < -0.39 is 0 Å². The average Bonchev–Trinajstić information content (AvgIpc) is 3.09. The van der Waals surface area contributed by atoms with Crippen molar-refractivity contribution >= 4 is 17.5 Å². The molecule has 228 valence electrons. The van der Waals surface area contributed by atoms with Gasteiger partial charge in [-0.2, -0.15) is 9.13 Å². The normalized spacial score (nSPS) is 10.7. The number of nitrogens with zero attached hydrogens (tertiary/aromatic N) is 3. The zero-order valence-electron chi connectivity index (χ0n) is 25.6. The van der Waals surface area contributed by atoms with Crippen molar-refractivity contribution in [1.29, 1.82) is 0 Å². The summed E-state index contributed by atoms with van der Waals surface area (Å²) < 4.78 is 3.79. The molecule has 7 heteroatoms. The smallest absolute Gasteiger partial charge is 0.285 e. The van der Waals surface area contributed by atoms with E-state index in [2.05, 4.69) is 51.9 Å². The van der Waals surface area contributed by atoms with Gasteiger partial charge in [-0.15, -0.1) is 0 Å². The third kappa shape index (κ3) is 9.86. The van der Waals surface area contributed by atoms with Crippen LogP contribution in [0.15, 0.2) is 140 Å². The van der Waals surface area contributed by atoms with Crippen LogP contribution in [0.5, 0.6) is 0 Å². The van der Waals surface area contributed by atoms with Crippen LogP contribution in [-0.2, 0) is 22.7 Å². The van der Waals surface area contributed by atoms with Crippen LogP contribution >= 0.6 is 0 Å². The highest BCUT2D eigenvalue weighted by atomic mass is 16.2. The first-order valence-electron chi connectivity index (χ1n) is 15.6. The number of nitrogens with one attached hydrogen (secondary N) is 2. The van der Waals surface area contributed by atoms with Gasteiger partial charge in [0, 0.05) is 56.1 Å². The Morgan fingerprint density at radius 1 is 0.489 bits per heavy atom. The molecule has 45 heavy (non-hydrogen) atoms. The van der Waals surface area contributed by atoms with Crippen molar-refractivity contribution in [2.45, 2.75) is 25.9 Å². The van der Waals surface area contributed by atoms with Crippen molar-refractivity contribution in [2.75, 3.05) is 31.1 Å². The molecule has 0 aliphatic heterocycles. The molecule has 5 aromatic rings. The molecular weight excluding hydrogens is 558 g/mol. The highest BCUT2D eigenvalue weighted by molar-refractivity contribution is 5.74. The van der Waals surface area contributed by atoms with Crippen molar-refractivity contribution < 1.29 is 18.7 Å². The van der Waals surface area contributed by atoms with Crippen LogP contribution in [0.3, 0.4) is 0 Å². The summed E-state index contributed by atoms with van der Waals surface area (Å²) in [4.78, 5) is 27.5. The molecule has 0 saturated carbocycles. The fourth-order valence-electron chi connectivity index (χ4n) is 5.22. The summed E-state index contributed by atoms with van der Waals surface area (Å²) in [6.45, 7) is 3.38. The molecule has 0 spiro atoms. The largest absolute Gasteiger partial charge is 0.371 e. The standard InChI is InChI=1S/C38H39N5O2/c44-37(30-41-26-18-34(19-27-41)32-12-4-1-5-13-32)39-22-10-24-43(36-16-8-3-9-17-36)25-11-23-40-38(45)31-42-28-20-35(21-29-42)33-14-6-2-7-15-33/h1-9,12-21,26-29H,10-11,22-25,30-31H2/p+2. The minimum atomic E-state index is -0.00555. The number of hydrogen-bond donors (Lipinski definition) is 2. The molecule has 0 atom stereocenters. The van der Waals surface area contributed by atoms with Crippen LogP contribution in [0.1, 0.15) is 12.8 Å². The molecule has 3 aromatic carbocycles. The number of pyridine rings is 2. The van der Waals surface area contributed by atoms with E-state index in [-0.39, 0.29) is 24.9 Å². The summed E-state index contributed by atoms with van der Waals surface area (Å²) in [6.07, 6.45) is 9.41. The molecule has 0 saturated heterocycles. The van der Waals surface area contributed by atoms with E-state index in [1.807, 2.05) is 113 Å². The Morgan fingerprint density at radius 2 is 0.844 bits per heavy atom. The minimum absolute atomic E-state index is 0.00555. The van der Waals surface area contributed by atoms with E-state index in [1.54, 1.807) is 0 Å². The zero-order chi connectivity index (χ0) is 31.1. The summed E-state index contributed by atoms with van der Waals surface area (Å²) in [5.41, 5.74) is 5.70. The second kappa shape index (κ2) is 16.5. The van der Waals surface area contributed by atoms with E-state index in [0.717, 1.165) is 53.9 Å². The fraction of sp³-hybridized carbons (Fsp3) is 0.211. The van der Waals surface area contributed by atoms with Crippen LogP contribution in [0, 0.1) is 0 Å². The Labute approximate surface area is 265 Å². The molecule has 7 nitrogen and oxygen atoms in total. The van der Waals surface area contributed by atoms with Gasteiger partial charge in [0.2, 0.25) is 13.1 Å². The lowest BCUT2D eigenvalue weighted by Gasteiger charge is -2.25. The average molecular weight is 600 g/mol. The lowest BCUT2D eigenvalue weighted by atomic mass is 10.1. The molecule has 0 fully saturated rings. The van der Waals surface area contributed by atoms with Crippen molar-refractivity contribution in [1.82, 2.24) is 10.6 Å². The summed E-state index contributed by atoms with van der Waals surface area (Å²) in [5, 5.41) is 6.11. The number of aromatic nitrogens is 2. The van der Waals surface area contributed by atoms with Crippen LogP contribution in [0.25, 0.3) is 22.3 Å². The van der Waals surface area contributed by atoms with E-state index in [9.17, 15) is 9.59 Å². The molecule has 0 aliphatic rings. The number of hydrogen-bond acceptors (Lipinski definition) is 3. The van der Waals surface area contributed by atoms with Gasteiger partial charge in [-0.05, 0) is 47.2 Å². The number of rotatable bonds is 15. The summed E-state index contributed by atoms with van der Waals surface area (Å²) in [6, 6.07) is 38.8. The van der Waals surface area contributed by atoms with Crippen LogP contribution < -0.4 is 24.7 Å². The molecule has 2 heterocycles. The van der Waals surface area contributed by atoms with E-state index in [0.29, 0.717) is 13.1 Å². The van der Waals surface area contributed by atoms with Crippen molar-refractivity contribution in [3.05, 3.63) is 140 Å². The molecule has 0 radical (unpaired) electrons. The first-order valence-corrected chi connectivity index (χ1v) is 15.6. The van der Waals surface area contributed by atoms with Gasteiger partial charge in [0.05, 0.1) is 0 Å². The van der Waals surface area contributed by atoms with E-state index in [4.69, 9.17) is 0 Å². The number of anilines is 1. The topological polar surface area (TPSA) is 69.2 Å². The van der Waals surface area contributed by atoms with Gasteiger partial charge in [0.25, 0.3) is 11.8 Å². The number of para-hydroxylation sites is 1. The Balaban J connectivity index is 1.02. The first-order chi connectivity index (χ1) is 22.1. The van der Waals surface area contributed by atoms with E-state index in [1.165, 1.54) is 0 Å². The van der Waals surface area contributed by atoms with Gasteiger partial charge in [-0.1, -0.05) is 78.9 Å². The highest BCUT2D eigenvalue weighted by Gasteiger charge is 2.12. The number of benzene rings is 3. The van der Waals surface area contributed by atoms with Crippen LogP contribution in [-0.4, -0.2) is 38.0 Å². The Bertz CT molecular complexity index is 1510. The molecule has 0 bridgehead atoms. The van der Waals surface area contributed by atoms with Gasteiger partial charge in [0.15, 0.2) is 24.8 Å². The lowest BCUT2D eigenvalue weighted by molar-refractivity contribution is -0.684. The quantitative estimate of drug-likeness (QED) is 0.134. The van der Waals surface area contributed by atoms with E-state index >= 15 is 0 Å². The van der Waals surface area contributed by atoms with Gasteiger partial charge in [-0.25, -0.2) is 0 Å². The number of amides is 2. The minimum Gasteiger partial charge on any atom is -0.371 e. The Hall–Kier alpha value is -5.30. The van der Waals surface area contributed by atoms with Gasteiger partial charge in [0.1, 0.15) is 0 Å². The number of carbonyl (C=O) groups excluding carboxylic acids is 2. The van der Waals surface area contributed by atoms with Crippen molar-refractivity contribution in [3.8, 4) is 22.3 Å². The monoisotopic (exact) mass is 599 g/mol. The lowest BCUT2D eigenvalue weighted by Crippen LogP contribution is -2.43. The maximum atomic E-state index is 12.6. The first kappa shape index (κ1) is 31.1. The van der Waals surface area contributed by atoms with Gasteiger partial charge < -0.3 is 15.5 Å². The van der Waals surface area contributed by atoms with Gasteiger partial charge >= 0.3 is 0 Å². The summed E-state index contributed by atoms with van der Waals surface area (Å²) >= 11 is 0. The van der Waals surface area contributed by atoms with Crippen LogP contribution in [0.2, 0.25) is 0 Å². The van der Waals surface area contributed by atoms with Gasteiger partial charge in [-0.3, -0.25) is 9.59 Å². The van der Waals surface area contributed by atoms with Crippen molar-refractivity contribution in [3.63, 3.8) is 0 Å². The van der Waals surface area contributed by atoms with Crippen LogP contribution in [0.4, 0.5) is 5.69 Å². The number of carbonyl (C=O) groups is 2. The molecular formula is C38H41N5O2+2. The maximum Gasteiger partial charge on any atom is 0.285 e. The Morgan fingerprint density at radius 3 is 1.24 bits per heavy atom. The summed E-state index contributed by atoms with van der Waals surface area (Å²) in [7, 11) is 0. The molecule has 0 aliphatic carbocycles. The molecule has 2 aromatic heterocycles. The highest BCUT2D eigenvalue weighted by Crippen LogP contribution is 2.17. The SMILES string of the molecule is O=C(C[n+]1ccc(-c2ccccc2)cc1)NCCCN(CCCNC(=O)C[n+]1ccc(-c2ccccc2)cc1)c1ccccc1. The molecule has 2 amide bonds. The zero-order valence-corrected chi connectivity index (χ0v) is 25.6. The third-order valence-corrected chi connectivity index (χ3v) is 7.62. The predicted molar refractivity (Wildman–Crippen MR) is 178 cm³/mol. The Kier molecular flexibility index (Phi) is 11.4. The van der Waals surface area contributed by atoms with Crippen molar-refractivity contribution in [2.24, 2.45) is 0 Å². The predicted octanol–water partition coefficient (Wildman–Crippen LogP) is 4.82. The second-order valence-electron chi connectivity index (χ2n) is 11.0.